The van der Waals surface area contributed by atoms with Gasteiger partial charge in [-0.3, -0.25) is 0 Å². The van der Waals surface area contributed by atoms with Gasteiger partial charge in [0.25, 0.3) is 0 Å². The van der Waals surface area contributed by atoms with E-state index in [9.17, 15) is 0 Å². The molecule has 0 heteroatoms. The second-order valence-electron chi connectivity index (χ2n) is 2.42. The summed E-state index contributed by atoms with van der Waals surface area (Å²) < 4.78 is 0. The van der Waals surface area contributed by atoms with Crippen LogP contribution in [-0.4, -0.2) is 0 Å². The molecule has 0 heterocycles. The van der Waals surface area contributed by atoms with Crippen molar-refractivity contribution in [3.63, 3.8) is 0 Å². The normalized spacial score (nSPS) is 18.2. The summed E-state index contributed by atoms with van der Waals surface area (Å²) in [5.41, 5.74) is 0. The van der Waals surface area contributed by atoms with Crippen molar-refractivity contribution in [2.24, 2.45) is 0 Å². The molecular weight excluding hydrogens is 132 g/mol. The van der Waals surface area contributed by atoms with E-state index in [1.165, 1.54) is 0 Å². The number of hydrogen-bond donors (Lipinski definition) is 0. The topological polar surface area (TPSA) is 0 Å². The van der Waals surface area contributed by atoms with Gasteiger partial charge >= 0.3 is 0 Å². The van der Waals surface area contributed by atoms with Gasteiger partial charge in [0.15, 0.2) is 0 Å². The van der Waals surface area contributed by atoms with Crippen LogP contribution < -0.4 is 0 Å². The molecule has 1 radical (unpaired) electrons. The third-order valence-corrected chi connectivity index (χ3v) is 1.46. The highest BCUT2D eigenvalue weighted by Crippen LogP contribution is 1.96. The summed E-state index contributed by atoms with van der Waals surface area (Å²) in [5, 5.41) is 0. The first kappa shape index (κ1) is 8.06. The molecule has 0 aromatic carbocycles. The third-order valence-electron chi connectivity index (χ3n) is 1.46. The van der Waals surface area contributed by atoms with Gasteiger partial charge in [0.2, 0.25) is 0 Å². The van der Waals surface area contributed by atoms with E-state index in [0.717, 1.165) is 19.3 Å². The lowest BCUT2D eigenvalue weighted by Gasteiger charge is -1.82. The van der Waals surface area contributed by atoms with Crippen molar-refractivity contribution >= 4 is 0 Å². The van der Waals surface area contributed by atoms with Crippen molar-refractivity contribution < 1.29 is 0 Å². The fraction of sp³-hybridized carbons (Fsp3) is 0.273. The molecule has 0 aromatic rings. The molecule has 0 fully saturated rings. The van der Waals surface area contributed by atoms with Gasteiger partial charge in [0.05, 0.1) is 0 Å². The lowest BCUT2D eigenvalue weighted by atomic mass is 10.2. The molecule has 0 aromatic heterocycles. The van der Waals surface area contributed by atoms with Gasteiger partial charge in [-0.15, -0.1) is 0 Å². The summed E-state index contributed by atoms with van der Waals surface area (Å²) >= 11 is 0. The van der Waals surface area contributed by atoms with Crippen LogP contribution in [0.25, 0.3) is 0 Å². The number of hydrogen-bond acceptors (Lipinski definition) is 0. The zero-order valence-electron chi connectivity index (χ0n) is 6.66. The van der Waals surface area contributed by atoms with Crippen LogP contribution in [0.5, 0.6) is 0 Å². The summed E-state index contributed by atoms with van der Waals surface area (Å²) in [6, 6.07) is 0. The molecule has 57 valence electrons. The van der Waals surface area contributed by atoms with E-state index in [-0.39, 0.29) is 0 Å². The second-order valence-corrected chi connectivity index (χ2v) is 2.42. The van der Waals surface area contributed by atoms with Crippen molar-refractivity contribution in [3.05, 3.63) is 48.6 Å². The van der Waals surface area contributed by atoms with E-state index in [4.69, 9.17) is 0 Å². The molecule has 11 heavy (non-hydrogen) atoms. The highest BCUT2D eigenvalue weighted by Gasteiger charge is 1.77. The number of rotatable bonds is 0. The first-order valence-electron chi connectivity index (χ1n) is 4.03. The average Bonchev–Trinajstić information content (AvgIpc) is 2.08. The summed E-state index contributed by atoms with van der Waals surface area (Å²) in [4.78, 5) is 0. The Morgan fingerprint density at radius 2 is 1.73 bits per heavy atom. The van der Waals surface area contributed by atoms with Gasteiger partial charge in [-0.2, -0.15) is 0 Å². The van der Waals surface area contributed by atoms with Crippen molar-refractivity contribution in [2.75, 3.05) is 0 Å². The molecule has 1 aliphatic rings. The Bertz CT molecular complexity index is 192. The first-order chi connectivity index (χ1) is 5.50. The van der Waals surface area contributed by atoms with Gasteiger partial charge < -0.3 is 0 Å². The van der Waals surface area contributed by atoms with Gasteiger partial charge in [-0.1, -0.05) is 42.5 Å². The van der Waals surface area contributed by atoms with E-state index in [0.29, 0.717) is 0 Å². The van der Waals surface area contributed by atoms with E-state index in [1.807, 2.05) is 0 Å². The van der Waals surface area contributed by atoms with Crippen molar-refractivity contribution in [2.45, 2.75) is 19.3 Å². The molecule has 0 atom stereocenters. The predicted octanol–water partition coefficient (Wildman–Crippen LogP) is 3.20. The SMILES string of the molecule is [C]1=CCC=CC=CC=CCC1. The highest BCUT2D eigenvalue weighted by molar-refractivity contribution is 5.12. The van der Waals surface area contributed by atoms with Crippen LogP contribution in [0.3, 0.4) is 0 Å². The number of allylic oxidation sites excluding steroid dienone is 8. The Hall–Kier alpha value is -1.04. The minimum atomic E-state index is 1.00. The van der Waals surface area contributed by atoms with Crippen LogP contribution in [0.2, 0.25) is 0 Å². The molecule has 0 bridgehead atoms. The van der Waals surface area contributed by atoms with Crippen molar-refractivity contribution in [1.82, 2.24) is 0 Å². The zero-order valence-corrected chi connectivity index (χ0v) is 6.66. The molecule has 1 aliphatic carbocycles. The monoisotopic (exact) mass is 145 g/mol. The molecule has 0 N–H and O–H groups in total. The van der Waals surface area contributed by atoms with Crippen LogP contribution in [-0.2, 0) is 0 Å². The van der Waals surface area contributed by atoms with Crippen LogP contribution >= 0.6 is 0 Å². The Morgan fingerprint density at radius 1 is 0.909 bits per heavy atom. The maximum atomic E-state index is 3.23. The Balaban J connectivity index is 2.47. The first-order valence-corrected chi connectivity index (χ1v) is 4.03. The Morgan fingerprint density at radius 3 is 2.64 bits per heavy atom. The van der Waals surface area contributed by atoms with Gasteiger partial charge in [0.1, 0.15) is 0 Å². The summed E-state index contributed by atoms with van der Waals surface area (Å²) in [7, 11) is 0. The molecule has 0 unspecified atom stereocenters. The maximum Gasteiger partial charge on any atom is -0.0160 e. The molecule has 0 aliphatic heterocycles. The highest BCUT2D eigenvalue weighted by atomic mass is 13.8. The van der Waals surface area contributed by atoms with Crippen LogP contribution in [0.4, 0.5) is 0 Å². The summed E-state index contributed by atoms with van der Waals surface area (Å²) in [6.07, 6.45) is 21.0. The van der Waals surface area contributed by atoms with Crippen LogP contribution in [0.1, 0.15) is 19.3 Å². The maximum absolute atomic E-state index is 3.23. The fourth-order valence-electron chi connectivity index (χ4n) is 0.880. The smallest absolute Gasteiger partial charge is 0.0160 e. The molecule has 0 spiro atoms. The Kier molecular flexibility index (Phi) is 4.19. The average molecular weight is 145 g/mol. The zero-order chi connectivity index (χ0) is 7.78. The quantitative estimate of drug-likeness (QED) is 0.491. The third kappa shape index (κ3) is 4.38. The molecule has 0 nitrogen and oxygen atoms in total. The van der Waals surface area contributed by atoms with E-state index in [1.54, 1.807) is 0 Å². The van der Waals surface area contributed by atoms with Gasteiger partial charge in [-0.05, 0) is 25.3 Å². The molecular formula is C11H13. The molecule has 0 amide bonds. The summed E-state index contributed by atoms with van der Waals surface area (Å²) in [5.74, 6) is 0. The van der Waals surface area contributed by atoms with Crippen molar-refractivity contribution in [3.8, 4) is 0 Å². The van der Waals surface area contributed by atoms with Gasteiger partial charge in [0, 0.05) is 0 Å². The summed E-state index contributed by atoms with van der Waals surface area (Å²) in [6.45, 7) is 0. The largest absolute Gasteiger partial charge is 0.0842 e. The van der Waals surface area contributed by atoms with Crippen LogP contribution in [0, 0.1) is 6.08 Å². The molecule has 0 saturated carbocycles. The standard InChI is InChI=1S/C11H13/c1-2-4-6-8-10-11-9-7-5-3-1/h1-6,9H,7-8,10H2. The predicted molar refractivity (Wildman–Crippen MR) is 49.1 cm³/mol. The lowest BCUT2D eigenvalue weighted by molar-refractivity contribution is 1.02. The minimum absolute atomic E-state index is 1.00. The van der Waals surface area contributed by atoms with E-state index >= 15 is 0 Å². The fourth-order valence-corrected chi connectivity index (χ4v) is 0.880. The Labute approximate surface area is 68.6 Å². The van der Waals surface area contributed by atoms with Crippen LogP contribution in [0.15, 0.2) is 42.5 Å². The molecule has 1 rings (SSSR count). The van der Waals surface area contributed by atoms with Crippen molar-refractivity contribution in [1.29, 1.82) is 0 Å². The van der Waals surface area contributed by atoms with Gasteiger partial charge in [-0.25, -0.2) is 0 Å². The minimum Gasteiger partial charge on any atom is -0.0842 e. The second kappa shape index (κ2) is 5.72. The lowest BCUT2D eigenvalue weighted by Crippen LogP contribution is -1.64. The van der Waals surface area contributed by atoms with E-state index in [2.05, 4.69) is 48.6 Å². The van der Waals surface area contributed by atoms with E-state index < -0.39 is 0 Å². The molecule has 0 saturated heterocycles.